The van der Waals surface area contributed by atoms with E-state index in [0.717, 1.165) is 6.42 Å². The Morgan fingerprint density at radius 2 is 2.04 bits per heavy atom. The van der Waals surface area contributed by atoms with Gasteiger partial charge in [-0.05, 0) is 31.7 Å². The van der Waals surface area contributed by atoms with Crippen LogP contribution in [0.4, 0.5) is 0 Å². The van der Waals surface area contributed by atoms with Crippen LogP contribution in [-0.4, -0.2) is 38.1 Å². The van der Waals surface area contributed by atoms with E-state index in [1.807, 2.05) is 0 Å². The highest BCUT2D eigenvalue weighted by atomic mass is 32.1. The maximum absolute atomic E-state index is 12.2. The van der Waals surface area contributed by atoms with E-state index in [0.29, 0.717) is 28.0 Å². The summed E-state index contributed by atoms with van der Waals surface area (Å²) in [6, 6.07) is 1.73. The first-order chi connectivity index (χ1) is 10.9. The molecule has 0 aliphatic rings. The molecule has 1 amide bonds. The van der Waals surface area contributed by atoms with E-state index in [9.17, 15) is 9.90 Å². The van der Waals surface area contributed by atoms with E-state index in [-0.39, 0.29) is 12.5 Å². The molecule has 0 aromatic carbocycles. The molecule has 0 saturated carbocycles. The molecule has 0 radical (unpaired) electrons. The van der Waals surface area contributed by atoms with Crippen LogP contribution in [0.2, 0.25) is 0 Å². The summed E-state index contributed by atoms with van der Waals surface area (Å²) >= 11 is 1.23. The predicted octanol–water partition coefficient (Wildman–Crippen LogP) is 2.52. The second-order valence-corrected chi connectivity index (χ2v) is 7.24. The third-order valence-corrected chi connectivity index (χ3v) is 4.37. The second-order valence-electron chi connectivity index (χ2n) is 6.21. The molecule has 0 saturated heterocycles. The number of nitrogens with one attached hydrogen (secondary N) is 1. The van der Waals surface area contributed by atoms with Gasteiger partial charge in [0.25, 0.3) is 5.91 Å². The summed E-state index contributed by atoms with van der Waals surface area (Å²) in [4.78, 5) is 25.1. The van der Waals surface area contributed by atoms with Crippen molar-refractivity contribution in [1.82, 2.24) is 20.3 Å². The number of carbonyl (C=O) groups excluding carboxylic acids is 1. The molecule has 2 rings (SSSR count). The predicted molar refractivity (Wildman–Crippen MR) is 90.2 cm³/mol. The van der Waals surface area contributed by atoms with Crippen molar-refractivity contribution in [2.24, 2.45) is 5.92 Å². The number of hydrogen-bond donors (Lipinski definition) is 2. The minimum absolute atomic E-state index is 0.216. The molecule has 2 aromatic rings. The van der Waals surface area contributed by atoms with E-state index < -0.39 is 5.60 Å². The Kier molecular flexibility index (Phi) is 5.79. The van der Waals surface area contributed by atoms with Crippen molar-refractivity contribution in [1.29, 1.82) is 0 Å². The summed E-state index contributed by atoms with van der Waals surface area (Å²) in [6.45, 7) is 6.18. The zero-order valence-electron chi connectivity index (χ0n) is 13.6. The van der Waals surface area contributed by atoms with Gasteiger partial charge in [-0.2, -0.15) is 0 Å². The number of amides is 1. The van der Waals surface area contributed by atoms with Crippen molar-refractivity contribution >= 4 is 17.2 Å². The minimum atomic E-state index is -0.907. The van der Waals surface area contributed by atoms with Gasteiger partial charge in [0, 0.05) is 18.9 Å². The lowest BCUT2D eigenvalue weighted by Gasteiger charge is -2.24. The van der Waals surface area contributed by atoms with Gasteiger partial charge >= 0.3 is 0 Å². The summed E-state index contributed by atoms with van der Waals surface area (Å²) in [5, 5.41) is 13.7. The van der Waals surface area contributed by atoms with Gasteiger partial charge in [-0.25, -0.2) is 15.0 Å². The third kappa shape index (κ3) is 5.37. The zero-order chi connectivity index (χ0) is 16.9. The third-order valence-electron chi connectivity index (χ3n) is 3.38. The molecule has 23 heavy (non-hydrogen) atoms. The summed E-state index contributed by atoms with van der Waals surface area (Å²) in [5.74, 6) is 0.780. The van der Waals surface area contributed by atoms with Gasteiger partial charge in [-0.3, -0.25) is 4.79 Å². The summed E-state index contributed by atoms with van der Waals surface area (Å²) in [6.07, 6.45) is 6.34. The first kappa shape index (κ1) is 17.5. The average molecular weight is 334 g/mol. The van der Waals surface area contributed by atoms with Crippen LogP contribution in [-0.2, 0) is 0 Å². The molecule has 2 N–H and O–H groups in total. The number of hydrogen-bond acceptors (Lipinski definition) is 6. The molecule has 0 spiro atoms. The Bertz CT molecular complexity index is 641. The van der Waals surface area contributed by atoms with Gasteiger partial charge < -0.3 is 10.4 Å². The highest BCUT2D eigenvalue weighted by molar-refractivity contribution is 7.16. The Labute approximate surface area is 140 Å². The normalized spacial score (nSPS) is 13.8. The molecule has 0 bridgehead atoms. The standard InChI is InChI=1S/C16H22N4O2S/c1-11(2)5-6-16(3,22)10-20-14(21)12-9-19-15(23-12)13-17-7-4-8-18-13/h4,7-9,11,22H,5-6,10H2,1-3H3,(H,20,21). The van der Waals surface area contributed by atoms with Gasteiger partial charge in [-0.1, -0.05) is 13.8 Å². The first-order valence-electron chi connectivity index (χ1n) is 7.61. The number of rotatable bonds is 7. The van der Waals surface area contributed by atoms with Crippen molar-refractivity contribution in [2.75, 3.05) is 6.54 Å². The summed E-state index contributed by atoms with van der Waals surface area (Å²) < 4.78 is 0. The SMILES string of the molecule is CC(C)CCC(C)(O)CNC(=O)c1cnc(-c2ncccn2)s1. The van der Waals surface area contributed by atoms with E-state index in [1.54, 1.807) is 25.4 Å². The average Bonchev–Trinajstić information content (AvgIpc) is 3.02. The molecule has 0 fully saturated rings. The van der Waals surface area contributed by atoms with Gasteiger partial charge in [0.2, 0.25) is 0 Å². The maximum atomic E-state index is 12.2. The number of carbonyl (C=O) groups is 1. The molecule has 1 unspecified atom stereocenters. The van der Waals surface area contributed by atoms with Gasteiger partial charge in [0.15, 0.2) is 10.8 Å². The largest absolute Gasteiger partial charge is 0.388 e. The van der Waals surface area contributed by atoms with Crippen molar-refractivity contribution in [3.63, 3.8) is 0 Å². The van der Waals surface area contributed by atoms with Crippen LogP contribution in [0, 0.1) is 5.92 Å². The Hall–Kier alpha value is -1.86. The molecular weight excluding hydrogens is 312 g/mol. The molecule has 2 heterocycles. The van der Waals surface area contributed by atoms with E-state index in [1.165, 1.54) is 17.5 Å². The molecule has 6 nitrogen and oxygen atoms in total. The van der Waals surface area contributed by atoms with Gasteiger partial charge in [0.05, 0.1) is 11.8 Å². The van der Waals surface area contributed by atoms with Gasteiger partial charge in [0.1, 0.15) is 4.88 Å². The number of aromatic nitrogens is 3. The van der Waals surface area contributed by atoms with Crippen molar-refractivity contribution in [2.45, 2.75) is 39.2 Å². The summed E-state index contributed by atoms with van der Waals surface area (Å²) in [5.41, 5.74) is -0.907. The molecular formula is C16H22N4O2S. The van der Waals surface area contributed by atoms with E-state index >= 15 is 0 Å². The zero-order valence-corrected chi connectivity index (χ0v) is 14.4. The Balaban J connectivity index is 1.93. The van der Waals surface area contributed by atoms with E-state index in [2.05, 4.69) is 34.1 Å². The highest BCUT2D eigenvalue weighted by Gasteiger charge is 2.22. The fourth-order valence-corrected chi connectivity index (χ4v) is 2.72. The van der Waals surface area contributed by atoms with E-state index in [4.69, 9.17) is 0 Å². The molecule has 2 aromatic heterocycles. The highest BCUT2D eigenvalue weighted by Crippen LogP contribution is 2.22. The fourth-order valence-electron chi connectivity index (χ4n) is 1.94. The number of nitrogens with zero attached hydrogens (tertiary/aromatic N) is 3. The van der Waals surface area contributed by atoms with Crippen molar-refractivity contribution in [3.05, 3.63) is 29.5 Å². The van der Waals surface area contributed by atoms with Crippen molar-refractivity contribution < 1.29 is 9.90 Å². The maximum Gasteiger partial charge on any atom is 0.263 e. The molecule has 0 aliphatic heterocycles. The van der Waals surface area contributed by atoms with Crippen molar-refractivity contribution in [3.8, 4) is 10.8 Å². The Morgan fingerprint density at radius 1 is 1.35 bits per heavy atom. The second kappa shape index (κ2) is 7.61. The van der Waals surface area contributed by atoms with Crippen LogP contribution < -0.4 is 5.32 Å². The number of thiazole rings is 1. The van der Waals surface area contributed by atoms with Gasteiger partial charge in [-0.15, -0.1) is 11.3 Å². The lowest BCUT2D eigenvalue weighted by Crippen LogP contribution is -2.40. The fraction of sp³-hybridized carbons (Fsp3) is 0.500. The van der Waals surface area contributed by atoms with Crippen LogP contribution in [0.3, 0.4) is 0 Å². The smallest absolute Gasteiger partial charge is 0.263 e. The lowest BCUT2D eigenvalue weighted by atomic mass is 9.95. The van der Waals surface area contributed by atoms with Crippen LogP contribution >= 0.6 is 11.3 Å². The quantitative estimate of drug-likeness (QED) is 0.812. The molecule has 124 valence electrons. The molecule has 0 aliphatic carbocycles. The monoisotopic (exact) mass is 334 g/mol. The molecule has 1 atom stereocenters. The Morgan fingerprint density at radius 3 is 2.70 bits per heavy atom. The van der Waals surface area contributed by atoms with Crippen LogP contribution in [0.25, 0.3) is 10.8 Å². The van der Waals surface area contributed by atoms with Crippen LogP contribution in [0.15, 0.2) is 24.7 Å². The number of aliphatic hydroxyl groups is 1. The lowest BCUT2D eigenvalue weighted by molar-refractivity contribution is 0.0430. The first-order valence-corrected chi connectivity index (χ1v) is 8.43. The summed E-state index contributed by atoms with van der Waals surface area (Å²) in [7, 11) is 0. The van der Waals surface area contributed by atoms with Crippen LogP contribution in [0.5, 0.6) is 0 Å². The molecule has 7 heteroatoms. The minimum Gasteiger partial charge on any atom is -0.388 e. The topological polar surface area (TPSA) is 88.0 Å². The van der Waals surface area contributed by atoms with Crippen LogP contribution in [0.1, 0.15) is 43.3 Å².